The van der Waals surface area contributed by atoms with Crippen LogP contribution < -0.4 is 0 Å². The van der Waals surface area contributed by atoms with E-state index < -0.39 is 0 Å². The van der Waals surface area contributed by atoms with Crippen LogP contribution in [0.2, 0.25) is 0 Å². The summed E-state index contributed by atoms with van der Waals surface area (Å²) in [6.45, 7) is 0. The summed E-state index contributed by atoms with van der Waals surface area (Å²) in [6.07, 6.45) is 0. The Morgan fingerprint density at radius 3 is 1.94 bits per heavy atom. The van der Waals surface area contributed by atoms with Crippen molar-refractivity contribution < 1.29 is 0 Å². The summed E-state index contributed by atoms with van der Waals surface area (Å²) < 4.78 is 7.22. The second-order valence-corrected chi connectivity index (χ2v) is 14.7. The number of benzene rings is 7. The maximum Gasteiger partial charge on any atom is 0.235 e. The van der Waals surface area contributed by atoms with Gasteiger partial charge in [0.25, 0.3) is 0 Å². The van der Waals surface area contributed by atoms with Crippen molar-refractivity contribution in [3.05, 3.63) is 152 Å². The molecule has 0 saturated carbocycles. The molecule has 3 nitrogen and oxygen atoms in total. The molecule has 0 spiro atoms. The smallest absolute Gasteiger partial charge is 0.235 e. The Kier molecular flexibility index (Phi) is 5.70. The largest absolute Gasteiger partial charge is 0.278 e. The molecule has 0 fully saturated rings. The molecule has 4 heterocycles. The Morgan fingerprint density at radius 1 is 0.429 bits per heavy atom. The first kappa shape index (κ1) is 27.1. The van der Waals surface area contributed by atoms with Gasteiger partial charge in [-0.3, -0.25) is 4.57 Å². The first-order valence-electron chi connectivity index (χ1n) is 16.4. The Labute approximate surface area is 289 Å². The van der Waals surface area contributed by atoms with Crippen molar-refractivity contribution in [2.45, 2.75) is 0 Å². The summed E-state index contributed by atoms with van der Waals surface area (Å²) in [7, 11) is 0. The molecule has 0 aliphatic heterocycles. The van der Waals surface area contributed by atoms with Crippen LogP contribution in [0.15, 0.2) is 152 Å². The highest BCUT2D eigenvalue weighted by Crippen LogP contribution is 2.43. The number of para-hydroxylation sites is 1. The van der Waals surface area contributed by atoms with Gasteiger partial charge in [0, 0.05) is 46.6 Å². The molecule has 4 aromatic heterocycles. The number of fused-ring (bicyclic) bond motifs is 11. The quantitative estimate of drug-likeness (QED) is 0.189. The lowest BCUT2D eigenvalue weighted by Gasteiger charge is -2.11. The van der Waals surface area contributed by atoms with Crippen molar-refractivity contribution in [3.8, 4) is 28.3 Å². The lowest BCUT2D eigenvalue weighted by atomic mass is 10.0. The van der Waals surface area contributed by atoms with Gasteiger partial charge < -0.3 is 0 Å². The minimum atomic E-state index is 0.686. The average Bonchev–Trinajstić information content (AvgIpc) is 3.83. The van der Waals surface area contributed by atoms with Crippen LogP contribution in [0.5, 0.6) is 0 Å². The first-order chi connectivity index (χ1) is 24.3. The molecule has 228 valence electrons. The molecule has 0 N–H and O–H groups in total. The lowest BCUT2D eigenvalue weighted by molar-refractivity contribution is 1.02. The van der Waals surface area contributed by atoms with Gasteiger partial charge in [0.1, 0.15) is 0 Å². The number of rotatable bonds is 3. The fraction of sp³-hybridized carbons (Fsp3) is 0. The molecule has 11 aromatic rings. The normalized spacial score (nSPS) is 12.1. The Morgan fingerprint density at radius 2 is 1.10 bits per heavy atom. The van der Waals surface area contributed by atoms with Gasteiger partial charge in [0.15, 0.2) is 0 Å². The summed E-state index contributed by atoms with van der Waals surface area (Å²) in [5, 5.41) is 8.68. The molecule has 0 radical (unpaired) electrons. The lowest BCUT2D eigenvalue weighted by Crippen LogP contribution is -2.02. The van der Waals surface area contributed by atoms with Gasteiger partial charge >= 0.3 is 0 Å². The zero-order valence-corrected chi connectivity index (χ0v) is 27.7. The molecular weight excluding hydrogens is 635 g/mol. The van der Waals surface area contributed by atoms with Crippen molar-refractivity contribution >= 4 is 95.7 Å². The standard InChI is InChI=1S/C44H25N3S2/c1-2-10-26(11-3-1)27-18-20-28(21-19-27)41-43-42(32-14-6-9-17-38(32)49-43)46-44(45-41)47-35-15-7-4-12-30(35)34-24-29-22-23-39-40(33(29)25-36(34)47)31-13-5-8-16-37(31)48-39/h1-25H. The fourth-order valence-corrected chi connectivity index (χ4v) is 9.83. The van der Waals surface area contributed by atoms with Crippen LogP contribution in [0, 0.1) is 0 Å². The van der Waals surface area contributed by atoms with E-state index in [2.05, 4.69) is 156 Å². The van der Waals surface area contributed by atoms with Crippen molar-refractivity contribution in [1.29, 1.82) is 0 Å². The minimum absolute atomic E-state index is 0.686. The predicted octanol–water partition coefficient (Wildman–Crippen LogP) is 12.8. The van der Waals surface area contributed by atoms with Crippen molar-refractivity contribution in [2.75, 3.05) is 0 Å². The number of nitrogens with zero attached hydrogens (tertiary/aromatic N) is 3. The maximum absolute atomic E-state index is 5.46. The van der Waals surface area contributed by atoms with Crippen LogP contribution in [0.25, 0.3) is 101 Å². The maximum atomic E-state index is 5.46. The second kappa shape index (κ2) is 10.3. The fourth-order valence-electron chi connectivity index (χ4n) is 7.55. The van der Waals surface area contributed by atoms with Gasteiger partial charge in [-0.25, -0.2) is 9.97 Å². The van der Waals surface area contributed by atoms with E-state index >= 15 is 0 Å². The number of thiophene rings is 2. The summed E-state index contributed by atoms with van der Waals surface area (Å²) in [5.74, 6) is 0.686. The average molecular weight is 660 g/mol. The summed E-state index contributed by atoms with van der Waals surface area (Å²) in [4.78, 5) is 10.9. The number of hydrogen-bond acceptors (Lipinski definition) is 4. The summed E-state index contributed by atoms with van der Waals surface area (Å²) >= 11 is 3.63. The van der Waals surface area contributed by atoms with Gasteiger partial charge in [0.2, 0.25) is 5.95 Å². The molecule has 5 heteroatoms. The SMILES string of the molecule is c1ccc(-c2ccc(-c3nc(-n4c5ccccc5c5cc6ccc7sc8ccccc8c7c6cc54)nc4c3sc3ccccc34)cc2)cc1. The predicted molar refractivity (Wildman–Crippen MR) is 211 cm³/mol. The van der Waals surface area contributed by atoms with Crippen LogP contribution in [-0.2, 0) is 0 Å². The van der Waals surface area contributed by atoms with E-state index in [1.807, 2.05) is 11.3 Å². The van der Waals surface area contributed by atoms with Crippen LogP contribution in [0.4, 0.5) is 0 Å². The highest BCUT2D eigenvalue weighted by atomic mass is 32.1. The van der Waals surface area contributed by atoms with Gasteiger partial charge in [-0.1, -0.05) is 115 Å². The molecule has 0 atom stereocenters. The van der Waals surface area contributed by atoms with E-state index in [9.17, 15) is 0 Å². The summed E-state index contributed by atoms with van der Waals surface area (Å²) in [6, 6.07) is 54.6. The zero-order chi connectivity index (χ0) is 32.1. The van der Waals surface area contributed by atoms with Crippen molar-refractivity contribution in [1.82, 2.24) is 14.5 Å². The minimum Gasteiger partial charge on any atom is -0.278 e. The molecule has 0 bridgehead atoms. The second-order valence-electron chi connectivity index (χ2n) is 12.6. The molecule has 49 heavy (non-hydrogen) atoms. The van der Waals surface area contributed by atoms with Crippen LogP contribution in [0.3, 0.4) is 0 Å². The third-order valence-corrected chi connectivity index (χ3v) is 12.1. The molecular formula is C44H25N3S2. The molecule has 0 amide bonds. The topological polar surface area (TPSA) is 30.7 Å². The van der Waals surface area contributed by atoms with E-state index in [1.165, 1.54) is 57.5 Å². The third kappa shape index (κ3) is 4.00. The third-order valence-electron chi connectivity index (χ3n) is 9.82. The number of hydrogen-bond donors (Lipinski definition) is 0. The van der Waals surface area contributed by atoms with E-state index in [0.717, 1.165) is 37.9 Å². The van der Waals surface area contributed by atoms with Crippen LogP contribution in [0.1, 0.15) is 0 Å². The van der Waals surface area contributed by atoms with Crippen molar-refractivity contribution in [2.24, 2.45) is 0 Å². The Bertz CT molecular complexity index is 3090. The summed E-state index contributed by atoms with van der Waals surface area (Å²) in [5.41, 5.74) is 7.63. The van der Waals surface area contributed by atoms with E-state index in [0.29, 0.717) is 5.95 Å². The molecule has 0 aliphatic rings. The molecule has 0 saturated heterocycles. The Balaban J connectivity index is 1.23. The van der Waals surface area contributed by atoms with Gasteiger partial charge in [0.05, 0.1) is 26.9 Å². The monoisotopic (exact) mass is 659 g/mol. The van der Waals surface area contributed by atoms with Gasteiger partial charge in [-0.2, -0.15) is 0 Å². The van der Waals surface area contributed by atoms with Gasteiger partial charge in [-0.15, -0.1) is 22.7 Å². The first-order valence-corrected chi connectivity index (χ1v) is 18.0. The molecule has 7 aromatic carbocycles. The zero-order valence-electron chi connectivity index (χ0n) is 26.1. The van der Waals surface area contributed by atoms with E-state index in [-0.39, 0.29) is 0 Å². The van der Waals surface area contributed by atoms with Crippen LogP contribution in [-0.4, -0.2) is 14.5 Å². The number of aromatic nitrogens is 3. The van der Waals surface area contributed by atoms with E-state index in [1.54, 1.807) is 11.3 Å². The molecule has 0 unspecified atom stereocenters. The highest BCUT2D eigenvalue weighted by Gasteiger charge is 2.21. The molecule has 0 aliphatic carbocycles. The van der Waals surface area contributed by atoms with Gasteiger partial charge in [-0.05, 0) is 58.3 Å². The Hall–Kier alpha value is -5.88. The molecule has 11 rings (SSSR count). The van der Waals surface area contributed by atoms with E-state index in [4.69, 9.17) is 9.97 Å². The highest BCUT2D eigenvalue weighted by molar-refractivity contribution is 7.26. The van der Waals surface area contributed by atoms with Crippen LogP contribution >= 0.6 is 22.7 Å². The van der Waals surface area contributed by atoms with Crippen molar-refractivity contribution in [3.63, 3.8) is 0 Å².